The summed E-state index contributed by atoms with van der Waals surface area (Å²) >= 11 is 0. The van der Waals surface area contributed by atoms with E-state index in [0.717, 1.165) is 5.56 Å². The highest BCUT2D eigenvalue weighted by Gasteiger charge is 2.38. The van der Waals surface area contributed by atoms with Crippen molar-refractivity contribution in [2.24, 2.45) is 5.92 Å². The van der Waals surface area contributed by atoms with Gasteiger partial charge in [0.15, 0.2) is 5.58 Å². The quantitative estimate of drug-likeness (QED) is 0.790. The van der Waals surface area contributed by atoms with Gasteiger partial charge in [0, 0.05) is 44.4 Å². The molecule has 4 rings (SSSR count). The molecule has 2 aromatic heterocycles. The highest BCUT2D eigenvalue weighted by molar-refractivity contribution is 5.79. The van der Waals surface area contributed by atoms with Gasteiger partial charge in [0.2, 0.25) is 5.91 Å². The molecule has 1 aliphatic rings. The number of oxazole rings is 1. The number of hydrogen-bond donors (Lipinski definition) is 1. The molecular formula is C18H17FN4O2. The third-order valence-corrected chi connectivity index (χ3v) is 4.61. The lowest BCUT2D eigenvalue weighted by atomic mass is 9.94. The standard InChI is InChI=1S/C18H17FN4O2/c1-23-16(24)8-12(17(23)11-4-6-20-7-5-11)10-21-18-22-14-9-13(19)2-3-15(14)25-18/h2-7,9,12,17H,8,10H2,1H3,(H,21,22)/t12-,17-/m0/s1. The fraction of sp³-hybridized carbons (Fsp3) is 0.278. The Labute approximate surface area is 143 Å². The molecule has 3 aromatic rings. The van der Waals surface area contributed by atoms with Crippen molar-refractivity contribution in [2.45, 2.75) is 12.5 Å². The summed E-state index contributed by atoms with van der Waals surface area (Å²) < 4.78 is 18.8. The minimum absolute atomic E-state index is 0.0233. The van der Waals surface area contributed by atoms with Crippen LogP contribution in [0.15, 0.2) is 47.1 Å². The van der Waals surface area contributed by atoms with Crippen LogP contribution in [0.5, 0.6) is 0 Å². The molecule has 0 bridgehead atoms. The fourth-order valence-corrected chi connectivity index (χ4v) is 3.39. The number of halogens is 1. The van der Waals surface area contributed by atoms with Crippen LogP contribution in [0.25, 0.3) is 11.1 Å². The Morgan fingerprint density at radius 3 is 2.92 bits per heavy atom. The molecular weight excluding hydrogens is 323 g/mol. The van der Waals surface area contributed by atoms with Crippen LogP contribution in [0.2, 0.25) is 0 Å². The van der Waals surface area contributed by atoms with Crippen molar-refractivity contribution in [2.75, 3.05) is 18.9 Å². The lowest BCUT2D eigenvalue weighted by molar-refractivity contribution is -0.127. The zero-order valence-corrected chi connectivity index (χ0v) is 13.6. The summed E-state index contributed by atoms with van der Waals surface area (Å²) in [5.74, 6) is -0.173. The Kier molecular flexibility index (Phi) is 3.83. The van der Waals surface area contributed by atoms with E-state index in [1.165, 1.54) is 12.1 Å². The summed E-state index contributed by atoms with van der Waals surface area (Å²) in [5.41, 5.74) is 2.04. The van der Waals surface area contributed by atoms with Crippen molar-refractivity contribution in [1.82, 2.24) is 14.9 Å². The molecule has 1 aromatic carbocycles. The number of benzene rings is 1. The number of carbonyl (C=O) groups is 1. The summed E-state index contributed by atoms with van der Waals surface area (Å²) in [7, 11) is 1.82. The molecule has 1 fully saturated rings. The monoisotopic (exact) mass is 340 g/mol. The van der Waals surface area contributed by atoms with Crippen LogP contribution < -0.4 is 5.32 Å². The highest BCUT2D eigenvalue weighted by atomic mass is 19.1. The molecule has 1 N–H and O–H groups in total. The van der Waals surface area contributed by atoms with Crippen molar-refractivity contribution >= 4 is 23.0 Å². The molecule has 0 unspecified atom stereocenters. The Hall–Kier alpha value is -2.96. The molecule has 128 valence electrons. The Morgan fingerprint density at radius 2 is 2.12 bits per heavy atom. The van der Waals surface area contributed by atoms with E-state index in [1.54, 1.807) is 23.4 Å². The topological polar surface area (TPSA) is 71.3 Å². The number of anilines is 1. The highest BCUT2D eigenvalue weighted by Crippen LogP contribution is 2.36. The fourth-order valence-electron chi connectivity index (χ4n) is 3.39. The van der Waals surface area contributed by atoms with Gasteiger partial charge in [0.05, 0.1) is 6.04 Å². The van der Waals surface area contributed by atoms with Gasteiger partial charge in [-0.3, -0.25) is 9.78 Å². The average molecular weight is 340 g/mol. The number of likely N-dealkylation sites (tertiary alicyclic amines) is 1. The predicted molar refractivity (Wildman–Crippen MR) is 90.3 cm³/mol. The Balaban J connectivity index is 1.53. The minimum Gasteiger partial charge on any atom is -0.424 e. The summed E-state index contributed by atoms with van der Waals surface area (Å²) in [6.45, 7) is 0.526. The summed E-state index contributed by atoms with van der Waals surface area (Å²) in [4.78, 5) is 22.2. The molecule has 7 heteroatoms. The van der Waals surface area contributed by atoms with E-state index >= 15 is 0 Å². The van der Waals surface area contributed by atoms with Crippen molar-refractivity contribution in [3.63, 3.8) is 0 Å². The number of nitrogens with zero attached hydrogens (tertiary/aromatic N) is 3. The van der Waals surface area contributed by atoms with Gasteiger partial charge in [-0.15, -0.1) is 0 Å². The lowest BCUT2D eigenvalue weighted by Gasteiger charge is -2.25. The normalized spacial score (nSPS) is 20.4. The summed E-state index contributed by atoms with van der Waals surface area (Å²) in [5, 5.41) is 3.14. The van der Waals surface area contributed by atoms with E-state index in [9.17, 15) is 9.18 Å². The first-order valence-corrected chi connectivity index (χ1v) is 8.07. The maximum Gasteiger partial charge on any atom is 0.295 e. The maximum atomic E-state index is 13.3. The first kappa shape index (κ1) is 15.6. The van der Waals surface area contributed by atoms with E-state index < -0.39 is 0 Å². The molecule has 2 atom stereocenters. The molecule has 0 spiro atoms. The van der Waals surface area contributed by atoms with Gasteiger partial charge >= 0.3 is 0 Å². The van der Waals surface area contributed by atoms with Crippen molar-refractivity contribution in [3.8, 4) is 0 Å². The molecule has 6 nitrogen and oxygen atoms in total. The van der Waals surface area contributed by atoms with Crippen LogP contribution in [0.1, 0.15) is 18.0 Å². The van der Waals surface area contributed by atoms with E-state index in [2.05, 4.69) is 15.3 Å². The number of aromatic nitrogens is 2. The van der Waals surface area contributed by atoms with Crippen LogP contribution >= 0.6 is 0 Å². The van der Waals surface area contributed by atoms with Crippen LogP contribution in [0.4, 0.5) is 10.4 Å². The van der Waals surface area contributed by atoms with Crippen LogP contribution in [-0.2, 0) is 4.79 Å². The summed E-state index contributed by atoms with van der Waals surface area (Å²) in [6, 6.07) is 8.37. The molecule has 0 saturated carbocycles. The number of fused-ring (bicyclic) bond motifs is 1. The molecule has 25 heavy (non-hydrogen) atoms. The van der Waals surface area contributed by atoms with Gasteiger partial charge in [-0.25, -0.2) is 4.39 Å². The van der Waals surface area contributed by atoms with Crippen molar-refractivity contribution < 1.29 is 13.6 Å². The number of amides is 1. The smallest absolute Gasteiger partial charge is 0.295 e. The molecule has 0 aliphatic carbocycles. The lowest BCUT2D eigenvalue weighted by Crippen LogP contribution is -2.26. The van der Waals surface area contributed by atoms with Crippen molar-refractivity contribution in [1.29, 1.82) is 0 Å². The van der Waals surface area contributed by atoms with E-state index in [1.807, 2.05) is 19.2 Å². The molecule has 1 aliphatic heterocycles. The van der Waals surface area contributed by atoms with Gasteiger partial charge in [0.25, 0.3) is 6.01 Å². The third-order valence-electron chi connectivity index (χ3n) is 4.61. The number of hydrogen-bond acceptors (Lipinski definition) is 5. The number of rotatable bonds is 4. The van der Waals surface area contributed by atoms with E-state index in [4.69, 9.17) is 4.42 Å². The van der Waals surface area contributed by atoms with Crippen molar-refractivity contribution in [3.05, 3.63) is 54.1 Å². The SMILES string of the molecule is CN1C(=O)C[C@@H](CNc2nc3cc(F)ccc3o2)[C@@H]1c1ccncc1. The molecule has 0 radical (unpaired) electrons. The van der Waals surface area contributed by atoms with Gasteiger partial charge in [-0.05, 0) is 29.8 Å². The van der Waals surface area contributed by atoms with Gasteiger partial charge in [-0.2, -0.15) is 4.98 Å². The van der Waals surface area contributed by atoms with Crippen LogP contribution in [0, 0.1) is 11.7 Å². The number of pyridine rings is 1. The number of carbonyl (C=O) groups excluding carboxylic acids is 1. The zero-order chi connectivity index (χ0) is 17.4. The average Bonchev–Trinajstić information content (AvgIpc) is 3.14. The number of nitrogens with one attached hydrogen (secondary N) is 1. The second-order valence-corrected chi connectivity index (χ2v) is 6.21. The summed E-state index contributed by atoms with van der Waals surface area (Å²) in [6.07, 6.45) is 3.91. The van der Waals surface area contributed by atoms with Gasteiger partial charge in [0.1, 0.15) is 11.3 Å². The second kappa shape index (κ2) is 6.16. The zero-order valence-electron chi connectivity index (χ0n) is 13.6. The first-order valence-electron chi connectivity index (χ1n) is 8.07. The van der Waals surface area contributed by atoms with Crippen LogP contribution in [0.3, 0.4) is 0 Å². The first-order chi connectivity index (χ1) is 12.1. The minimum atomic E-state index is -0.354. The van der Waals surface area contributed by atoms with E-state index in [-0.39, 0.29) is 23.7 Å². The molecule has 1 amide bonds. The Morgan fingerprint density at radius 1 is 1.32 bits per heavy atom. The van der Waals surface area contributed by atoms with Gasteiger partial charge < -0.3 is 14.6 Å². The molecule has 1 saturated heterocycles. The predicted octanol–water partition coefficient (Wildman–Crippen LogP) is 2.99. The third kappa shape index (κ3) is 2.93. The van der Waals surface area contributed by atoms with Crippen LogP contribution in [-0.4, -0.2) is 34.4 Å². The van der Waals surface area contributed by atoms with Gasteiger partial charge in [-0.1, -0.05) is 0 Å². The second-order valence-electron chi connectivity index (χ2n) is 6.21. The molecule has 3 heterocycles. The van der Waals surface area contributed by atoms with E-state index in [0.29, 0.717) is 30.1 Å². The Bertz CT molecular complexity index is 912. The maximum absolute atomic E-state index is 13.3. The largest absolute Gasteiger partial charge is 0.424 e.